The smallest absolute Gasteiger partial charge is 0.271 e. The van der Waals surface area contributed by atoms with Crippen LogP contribution in [0.2, 0.25) is 0 Å². The van der Waals surface area contributed by atoms with Gasteiger partial charge in [-0.15, -0.1) is 0 Å². The molecule has 0 radical (unpaired) electrons. The van der Waals surface area contributed by atoms with Gasteiger partial charge in [0.1, 0.15) is 30.0 Å². The number of rotatable bonds is 5. The zero-order chi connectivity index (χ0) is 19.3. The van der Waals surface area contributed by atoms with E-state index < -0.39 is 0 Å². The van der Waals surface area contributed by atoms with Crippen LogP contribution < -0.4 is 10.2 Å². The molecule has 7 nitrogen and oxygen atoms in total. The van der Waals surface area contributed by atoms with Gasteiger partial charge in [0.15, 0.2) is 0 Å². The number of amides is 1. The second-order valence-corrected chi connectivity index (χ2v) is 7.89. The molecule has 1 aliphatic rings. The van der Waals surface area contributed by atoms with E-state index in [1.54, 1.807) is 23.4 Å². The minimum atomic E-state index is -0.207. The first kappa shape index (κ1) is 18.5. The van der Waals surface area contributed by atoms with E-state index >= 15 is 0 Å². The molecule has 0 unspecified atom stereocenters. The third kappa shape index (κ3) is 4.33. The molecule has 0 bridgehead atoms. The fourth-order valence-electron chi connectivity index (χ4n) is 2.99. The highest BCUT2D eigenvalue weighted by Crippen LogP contribution is 2.18. The van der Waals surface area contributed by atoms with E-state index in [9.17, 15) is 4.79 Å². The Hall–Kier alpha value is -2.87. The molecule has 0 saturated carbocycles. The van der Waals surface area contributed by atoms with Gasteiger partial charge in [0.2, 0.25) is 0 Å². The van der Waals surface area contributed by atoms with E-state index in [-0.39, 0.29) is 5.91 Å². The molecule has 0 aliphatic carbocycles. The number of nitrogens with zero attached hydrogens (tertiary/aromatic N) is 5. The number of benzene rings is 1. The summed E-state index contributed by atoms with van der Waals surface area (Å²) in [4.78, 5) is 27.6. The lowest BCUT2D eigenvalue weighted by atomic mass is 10.1. The van der Waals surface area contributed by atoms with E-state index in [0.29, 0.717) is 18.1 Å². The molecular weight excluding hydrogens is 372 g/mol. The van der Waals surface area contributed by atoms with Crippen molar-refractivity contribution in [2.45, 2.75) is 13.5 Å². The fraction of sp³-hybridized carbons (Fsp3) is 0.300. The van der Waals surface area contributed by atoms with Crippen molar-refractivity contribution >= 4 is 23.5 Å². The topological polar surface area (TPSA) is 75.9 Å². The molecule has 28 heavy (non-hydrogen) atoms. The Labute approximate surface area is 168 Å². The molecule has 1 fully saturated rings. The van der Waals surface area contributed by atoms with Crippen LogP contribution in [0.25, 0.3) is 5.82 Å². The predicted molar refractivity (Wildman–Crippen MR) is 111 cm³/mol. The van der Waals surface area contributed by atoms with Gasteiger partial charge in [0.25, 0.3) is 5.91 Å². The summed E-state index contributed by atoms with van der Waals surface area (Å²) in [5, 5.41) is 2.90. The van der Waals surface area contributed by atoms with Crippen molar-refractivity contribution in [3.8, 4) is 5.82 Å². The lowest BCUT2D eigenvalue weighted by molar-refractivity contribution is 0.0946. The molecule has 1 N–H and O–H groups in total. The first-order valence-electron chi connectivity index (χ1n) is 9.22. The van der Waals surface area contributed by atoms with E-state index in [1.807, 2.05) is 49.0 Å². The third-order valence-electron chi connectivity index (χ3n) is 4.63. The van der Waals surface area contributed by atoms with Gasteiger partial charge in [-0.05, 0) is 12.5 Å². The van der Waals surface area contributed by atoms with Gasteiger partial charge in [-0.3, -0.25) is 9.36 Å². The molecule has 4 rings (SSSR count). The molecule has 1 aromatic carbocycles. The molecule has 1 amide bonds. The Morgan fingerprint density at radius 2 is 1.86 bits per heavy atom. The summed E-state index contributed by atoms with van der Waals surface area (Å²) < 4.78 is 1.75. The standard InChI is InChI=1S/C20H22N6OS/c1-15-2-4-16(5-3-15)11-21-20(27)17-12-26(14-24-17)19-10-18(22-13-23-19)25-6-8-28-9-7-25/h2-5,10,12-14H,6-9,11H2,1H3,(H,21,27). The van der Waals surface area contributed by atoms with Crippen molar-refractivity contribution in [2.24, 2.45) is 0 Å². The number of thioether (sulfide) groups is 1. The fourth-order valence-corrected chi connectivity index (χ4v) is 3.89. The van der Waals surface area contributed by atoms with Crippen LogP contribution in [0.3, 0.4) is 0 Å². The summed E-state index contributed by atoms with van der Waals surface area (Å²) in [6, 6.07) is 10.0. The van der Waals surface area contributed by atoms with Crippen LogP contribution >= 0.6 is 11.8 Å². The van der Waals surface area contributed by atoms with Gasteiger partial charge >= 0.3 is 0 Å². The molecule has 144 valence electrons. The van der Waals surface area contributed by atoms with Crippen LogP contribution in [0, 0.1) is 6.92 Å². The number of hydrogen-bond acceptors (Lipinski definition) is 6. The van der Waals surface area contributed by atoms with Gasteiger partial charge in [0, 0.05) is 43.4 Å². The molecule has 0 spiro atoms. The lowest BCUT2D eigenvalue weighted by Crippen LogP contribution is -2.33. The second kappa shape index (κ2) is 8.43. The lowest BCUT2D eigenvalue weighted by Gasteiger charge is -2.27. The summed E-state index contributed by atoms with van der Waals surface area (Å²) in [6.45, 7) is 4.48. The summed E-state index contributed by atoms with van der Waals surface area (Å²) in [6.07, 6.45) is 4.87. The van der Waals surface area contributed by atoms with Crippen LogP contribution in [-0.2, 0) is 6.54 Å². The quantitative estimate of drug-likeness (QED) is 0.716. The highest BCUT2D eigenvalue weighted by atomic mass is 32.2. The number of carbonyl (C=O) groups is 1. The van der Waals surface area contributed by atoms with Crippen molar-refractivity contribution in [3.05, 3.63) is 66.0 Å². The Balaban J connectivity index is 1.43. The first-order valence-corrected chi connectivity index (χ1v) is 10.4. The molecule has 2 aromatic heterocycles. The van der Waals surface area contributed by atoms with Gasteiger partial charge in [-0.2, -0.15) is 11.8 Å². The Morgan fingerprint density at radius 3 is 2.64 bits per heavy atom. The number of nitrogens with one attached hydrogen (secondary N) is 1. The number of imidazole rings is 1. The summed E-state index contributed by atoms with van der Waals surface area (Å²) in [5.41, 5.74) is 2.61. The van der Waals surface area contributed by atoms with Crippen molar-refractivity contribution < 1.29 is 4.79 Å². The van der Waals surface area contributed by atoms with Crippen LogP contribution in [0.15, 0.2) is 49.2 Å². The maximum absolute atomic E-state index is 12.4. The van der Waals surface area contributed by atoms with Crippen molar-refractivity contribution in [2.75, 3.05) is 29.5 Å². The number of aromatic nitrogens is 4. The zero-order valence-electron chi connectivity index (χ0n) is 15.7. The largest absolute Gasteiger partial charge is 0.355 e. The maximum atomic E-state index is 12.4. The van der Waals surface area contributed by atoms with Gasteiger partial charge in [0.05, 0.1) is 0 Å². The number of aryl methyl sites for hydroxylation is 1. The summed E-state index contributed by atoms with van der Waals surface area (Å²) >= 11 is 1.96. The van der Waals surface area contributed by atoms with Gasteiger partial charge in [-0.25, -0.2) is 15.0 Å². The van der Waals surface area contributed by atoms with E-state index in [4.69, 9.17) is 0 Å². The number of carbonyl (C=O) groups excluding carboxylic acids is 1. The van der Waals surface area contributed by atoms with Gasteiger partial charge < -0.3 is 10.2 Å². The first-order chi connectivity index (χ1) is 13.7. The molecular formula is C20H22N6OS. The molecule has 3 heterocycles. The van der Waals surface area contributed by atoms with Gasteiger partial charge in [-0.1, -0.05) is 29.8 Å². The minimum Gasteiger partial charge on any atom is -0.355 e. The number of anilines is 1. The van der Waals surface area contributed by atoms with Crippen LogP contribution in [-0.4, -0.2) is 50.0 Å². The van der Waals surface area contributed by atoms with Crippen LogP contribution in [0.1, 0.15) is 21.6 Å². The minimum absolute atomic E-state index is 0.207. The molecule has 0 atom stereocenters. The van der Waals surface area contributed by atoms with E-state index in [0.717, 1.165) is 36.0 Å². The average molecular weight is 395 g/mol. The molecule has 1 saturated heterocycles. The SMILES string of the molecule is Cc1ccc(CNC(=O)c2cn(-c3cc(N4CCSCC4)ncn3)cn2)cc1. The number of hydrogen-bond donors (Lipinski definition) is 1. The second-order valence-electron chi connectivity index (χ2n) is 6.67. The normalized spacial score (nSPS) is 14.1. The summed E-state index contributed by atoms with van der Waals surface area (Å²) in [5.74, 6) is 3.62. The highest BCUT2D eigenvalue weighted by Gasteiger charge is 2.15. The third-order valence-corrected chi connectivity index (χ3v) is 5.57. The Kier molecular flexibility index (Phi) is 5.57. The predicted octanol–water partition coefficient (Wildman–Crippen LogP) is 2.45. The van der Waals surface area contributed by atoms with Crippen molar-refractivity contribution in [3.63, 3.8) is 0 Å². The average Bonchev–Trinajstić information content (AvgIpc) is 3.24. The summed E-state index contributed by atoms with van der Waals surface area (Å²) in [7, 11) is 0. The van der Waals surface area contributed by atoms with Crippen LogP contribution in [0.5, 0.6) is 0 Å². The zero-order valence-corrected chi connectivity index (χ0v) is 16.5. The maximum Gasteiger partial charge on any atom is 0.271 e. The molecule has 1 aliphatic heterocycles. The van der Waals surface area contributed by atoms with Crippen molar-refractivity contribution in [1.82, 2.24) is 24.8 Å². The van der Waals surface area contributed by atoms with E-state index in [2.05, 4.69) is 25.2 Å². The van der Waals surface area contributed by atoms with E-state index in [1.165, 1.54) is 5.56 Å². The van der Waals surface area contributed by atoms with Crippen molar-refractivity contribution in [1.29, 1.82) is 0 Å². The monoisotopic (exact) mass is 394 g/mol. The Bertz CT molecular complexity index is 949. The highest BCUT2D eigenvalue weighted by molar-refractivity contribution is 7.99. The van der Waals surface area contributed by atoms with Crippen LogP contribution in [0.4, 0.5) is 5.82 Å². The molecule has 3 aromatic rings. The Morgan fingerprint density at radius 1 is 1.11 bits per heavy atom. The molecule has 8 heteroatoms.